The fraction of sp³-hybridized carbons (Fsp3) is 0.650. The Labute approximate surface area is 176 Å². The van der Waals surface area contributed by atoms with E-state index in [-0.39, 0.29) is 34.6 Å². The predicted octanol–water partition coefficient (Wildman–Crippen LogP) is 1.78. The van der Waals surface area contributed by atoms with Crippen molar-refractivity contribution in [1.82, 2.24) is 20.1 Å². The molecule has 0 aliphatic carbocycles. The minimum Gasteiger partial charge on any atom is -0.480 e. The molecular formula is C20H30ClN5O3. The average molecular weight is 424 g/mol. The number of carbonyl (C=O) groups is 2. The van der Waals surface area contributed by atoms with E-state index in [9.17, 15) is 9.59 Å². The third-order valence-electron chi connectivity index (χ3n) is 5.91. The standard InChI is InChI=1S/C20H30ClN5O3/c1-13(27)26-9-3-14(4-10-26)12-25-7-5-15(6-8-25)23-19(28)16-11-17(21)18(22)24-20(16)29-2/h11,14-15H,3-10,12H2,1-2H3,(H2,22,24)(H,23,28). The van der Waals surface area contributed by atoms with Crippen LogP contribution in [0.15, 0.2) is 6.07 Å². The van der Waals surface area contributed by atoms with Crippen molar-refractivity contribution in [1.29, 1.82) is 0 Å². The van der Waals surface area contributed by atoms with E-state index in [0.717, 1.165) is 58.4 Å². The van der Waals surface area contributed by atoms with Gasteiger partial charge >= 0.3 is 0 Å². The maximum Gasteiger partial charge on any atom is 0.257 e. The quantitative estimate of drug-likeness (QED) is 0.748. The largest absolute Gasteiger partial charge is 0.480 e. The molecule has 8 nitrogen and oxygen atoms in total. The summed E-state index contributed by atoms with van der Waals surface area (Å²) in [4.78, 5) is 32.6. The molecule has 3 N–H and O–H groups in total. The third-order valence-corrected chi connectivity index (χ3v) is 6.21. The van der Waals surface area contributed by atoms with Crippen LogP contribution in [0.4, 0.5) is 5.82 Å². The number of halogens is 1. The smallest absolute Gasteiger partial charge is 0.257 e. The Hall–Kier alpha value is -2.06. The van der Waals surface area contributed by atoms with Crippen molar-refractivity contribution in [3.8, 4) is 5.88 Å². The third kappa shape index (κ3) is 5.51. The molecule has 3 heterocycles. The number of pyridine rings is 1. The molecule has 160 valence electrons. The summed E-state index contributed by atoms with van der Waals surface area (Å²) in [6.07, 6.45) is 3.94. The summed E-state index contributed by atoms with van der Waals surface area (Å²) >= 11 is 6.02. The van der Waals surface area contributed by atoms with Gasteiger partial charge in [0.25, 0.3) is 5.91 Å². The number of nitrogens with two attached hydrogens (primary N) is 1. The van der Waals surface area contributed by atoms with Gasteiger partial charge in [0.1, 0.15) is 11.4 Å². The molecule has 0 aromatic carbocycles. The van der Waals surface area contributed by atoms with Crippen molar-refractivity contribution in [3.63, 3.8) is 0 Å². The van der Waals surface area contributed by atoms with E-state index in [1.807, 2.05) is 4.90 Å². The molecule has 3 rings (SSSR count). The average Bonchev–Trinajstić information content (AvgIpc) is 2.71. The number of nitrogens with zero attached hydrogens (tertiary/aromatic N) is 3. The van der Waals surface area contributed by atoms with Crippen LogP contribution < -0.4 is 15.8 Å². The van der Waals surface area contributed by atoms with Crippen molar-refractivity contribution >= 4 is 29.2 Å². The van der Waals surface area contributed by atoms with Crippen molar-refractivity contribution < 1.29 is 14.3 Å². The summed E-state index contributed by atoms with van der Waals surface area (Å²) in [5.41, 5.74) is 5.98. The van der Waals surface area contributed by atoms with E-state index in [1.54, 1.807) is 6.92 Å². The van der Waals surface area contributed by atoms with Gasteiger partial charge in [-0.25, -0.2) is 0 Å². The van der Waals surface area contributed by atoms with Gasteiger partial charge < -0.3 is 25.6 Å². The molecule has 0 atom stereocenters. The molecule has 2 amide bonds. The van der Waals surface area contributed by atoms with Crippen molar-refractivity contribution in [2.75, 3.05) is 45.6 Å². The molecule has 0 saturated carbocycles. The maximum absolute atomic E-state index is 12.7. The molecule has 29 heavy (non-hydrogen) atoms. The molecule has 2 aliphatic rings. The van der Waals surface area contributed by atoms with Gasteiger partial charge in [0.15, 0.2) is 0 Å². The molecule has 1 aromatic rings. The van der Waals surface area contributed by atoms with Crippen molar-refractivity contribution in [2.45, 2.75) is 38.6 Å². The van der Waals surface area contributed by atoms with Crippen LogP contribution in [0, 0.1) is 5.92 Å². The molecule has 9 heteroatoms. The first-order valence-electron chi connectivity index (χ1n) is 10.2. The molecule has 0 bridgehead atoms. The lowest BCUT2D eigenvalue weighted by molar-refractivity contribution is -0.130. The number of anilines is 1. The number of amides is 2. The van der Waals surface area contributed by atoms with Gasteiger partial charge in [-0.05, 0) is 37.7 Å². The number of hydrogen-bond acceptors (Lipinski definition) is 6. The number of hydrogen-bond donors (Lipinski definition) is 2. The zero-order valence-corrected chi connectivity index (χ0v) is 17.9. The molecule has 1 aromatic heterocycles. The van der Waals surface area contributed by atoms with Gasteiger partial charge in [-0.2, -0.15) is 4.98 Å². The Morgan fingerprint density at radius 3 is 2.48 bits per heavy atom. The lowest BCUT2D eigenvalue weighted by atomic mass is 9.94. The van der Waals surface area contributed by atoms with Crippen LogP contribution in [-0.4, -0.2) is 72.5 Å². The molecule has 2 fully saturated rings. The van der Waals surface area contributed by atoms with Crippen LogP contribution in [0.25, 0.3) is 0 Å². The van der Waals surface area contributed by atoms with Gasteiger partial charge in [0.05, 0.1) is 12.1 Å². The SMILES string of the molecule is COc1nc(N)c(Cl)cc1C(=O)NC1CCN(CC2CCN(C(C)=O)CC2)CC1. The lowest BCUT2D eigenvalue weighted by Crippen LogP contribution is -2.47. The monoisotopic (exact) mass is 423 g/mol. The fourth-order valence-corrected chi connectivity index (χ4v) is 4.27. The molecule has 0 radical (unpaired) electrons. The molecule has 2 saturated heterocycles. The number of carbonyl (C=O) groups excluding carboxylic acids is 2. The topological polar surface area (TPSA) is 101 Å². The first kappa shape index (κ1) is 21.6. The summed E-state index contributed by atoms with van der Waals surface area (Å²) in [5.74, 6) is 0.894. The Morgan fingerprint density at radius 2 is 1.90 bits per heavy atom. The molecule has 0 spiro atoms. The van der Waals surface area contributed by atoms with Crippen molar-refractivity contribution in [3.05, 3.63) is 16.7 Å². The first-order valence-corrected chi connectivity index (χ1v) is 10.5. The Balaban J connectivity index is 1.46. The van der Waals surface area contributed by atoms with Gasteiger partial charge in [-0.1, -0.05) is 11.6 Å². The number of ether oxygens (including phenoxy) is 1. The number of nitrogens with one attached hydrogen (secondary N) is 1. The Morgan fingerprint density at radius 1 is 1.24 bits per heavy atom. The van der Waals surface area contributed by atoms with E-state index >= 15 is 0 Å². The van der Waals surface area contributed by atoms with Crippen LogP contribution in [-0.2, 0) is 4.79 Å². The van der Waals surface area contributed by atoms with E-state index < -0.39 is 0 Å². The second-order valence-electron chi connectivity index (χ2n) is 7.91. The number of likely N-dealkylation sites (tertiary alicyclic amines) is 2. The zero-order chi connectivity index (χ0) is 21.0. The minimum absolute atomic E-state index is 0.111. The zero-order valence-electron chi connectivity index (χ0n) is 17.1. The maximum atomic E-state index is 12.7. The summed E-state index contributed by atoms with van der Waals surface area (Å²) in [6, 6.07) is 1.61. The van der Waals surface area contributed by atoms with Gasteiger partial charge in [-0.15, -0.1) is 0 Å². The van der Waals surface area contributed by atoms with Crippen LogP contribution in [0.1, 0.15) is 43.0 Å². The molecular weight excluding hydrogens is 394 g/mol. The summed E-state index contributed by atoms with van der Waals surface area (Å²) < 4.78 is 5.17. The minimum atomic E-state index is -0.244. The molecule has 0 unspecified atom stereocenters. The van der Waals surface area contributed by atoms with Crippen LogP contribution in [0.2, 0.25) is 5.02 Å². The van der Waals surface area contributed by atoms with Gasteiger partial charge in [0, 0.05) is 45.7 Å². The summed E-state index contributed by atoms with van der Waals surface area (Å²) in [7, 11) is 1.45. The number of nitrogen functional groups attached to an aromatic ring is 1. The van der Waals surface area contributed by atoms with Gasteiger partial charge in [-0.3, -0.25) is 9.59 Å². The van der Waals surface area contributed by atoms with Crippen molar-refractivity contribution in [2.24, 2.45) is 5.92 Å². The lowest BCUT2D eigenvalue weighted by Gasteiger charge is -2.37. The second kappa shape index (κ2) is 9.63. The number of rotatable bonds is 5. The van der Waals surface area contributed by atoms with Crippen LogP contribution >= 0.6 is 11.6 Å². The first-order chi connectivity index (χ1) is 13.9. The summed E-state index contributed by atoms with van der Waals surface area (Å²) in [5, 5.41) is 3.31. The highest BCUT2D eigenvalue weighted by Crippen LogP contribution is 2.26. The fourth-order valence-electron chi connectivity index (χ4n) is 4.12. The number of methoxy groups -OCH3 is 1. The Bertz CT molecular complexity index is 744. The van der Waals surface area contributed by atoms with E-state index in [1.165, 1.54) is 13.2 Å². The second-order valence-corrected chi connectivity index (χ2v) is 8.32. The van der Waals surface area contributed by atoms with Gasteiger partial charge in [0.2, 0.25) is 11.8 Å². The number of aromatic nitrogens is 1. The van der Waals surface area contributed by atoms with E-state index in [2.05, 4.69) is 15.2 Å². The highest BCUT2D eigenvalue weighted by atomic mass is 35.5. The summed E-state index contributed by atoms with van der Waals surface area (Å²) in [6.45, 7) is 6.35. The highest BCUT2D eigenvalue weighted by Gasteiger charge is 2.27. The molecule has 2 aliphatic heterocycles. The Kier molecular flexibility index (Phi) is 7.18. The number of piperidine rings is 2. The van der Waals surface area contributed by atoms with Crippen LogP contribution in [0.3, 0.4) is 0 Å². The van der Waals surface area contributed by atoms with Crippen LogP contribution in [0.5, 0.6) is 5.88 Å². The normalized spacial score (nSPS) is 19.2. The highest BCUT2D eigenvalue weighted by molar-refractivity contribution is 6.33. The predicted molar refractivity (Wildman–Crippen MR) is 112 cm³/mol. The van der Waals surface area contributed by atoms with E-state index in [4.69, 9.17) is 22.1 Å². The van der Waals surface area contributed by atoms with E-state index in [0.29, 0.717) is 11.5 Å².